The Hall–Kier alpha value is -2.16. The lowest BCUT2D eigenvalue weighted by Gasteiger charge is -2.07. The molecular formula is C9H17N7O2. The zero-order valence-corrected chi connectivity index (χ0v) is 10.4. The van der Waals surface area contributed by atoms with Gasteiger partial charge in [-0.1, -0.05) is 0 Å². The second kappa shape index (κ2) is 7.22. The average Bonchev–Trinajstić information content (AvgIpc) is 2.38. The molecule has 0 aliphatic rings. The van der Waals surface area contributed by atoms with E-state index in [-0.39, 0.29) is 17.9 Å². The largest absolute Gasteiger partial charge is 0.467 e. The molecule has 0 aliphatic carbocycles. The Kier molecular flexibility index (Phi) is 5.58. The first-order chi connectivity index (χ1) is 8.69. The van der Waals surface area contributed by atoms with Gasteiger partial charge in [-0.2, -0.15) is 15.0 Å². The smallest absolute Gasteiger partial charge is 0.322 e. The fourth-order valence-electron chi connectivity index (χ4n) is 1.16. The number of nitrogens with two attached hydrogens (primary N) is 1. The number of methoxy groups -OCH3 is 1. The van der Waals surface area contributed by atoms with Crippen molar-refractivity contribution in [3.05, 3.63) is 0 Å². The van der Waals surface area contributed by atoms with Crippen LogP contribution in [0, 0.1) is 0 Å². The quantitative estimate of drug-likeness (QED) is 0.365. The molecule has 0 saturated heterocycles. The topological polar surface area (TPSA) is 127 Å². The molecule has 0 unspecified atom stereocenters. The predicted molar refractivity (Wildman–Crippen MR) is 66.0 cm³/mol. The van der Waals surface area contributed by atoms with E-state index in [4.69, 9.17) is 10.6 Å². The maximum absolute atomic E-state index is 11.2. The van der Waals surface area contributed by atoms with E-state index in [2.05, 4.69) is 31.0 Å². The molecule has 0 fully saturated rings. The molecule has 9 heteroatoms. The number of carbonyl (C=O) groups is 1. The lowest BCUT2D eigenvalue weighted by atomic mass is 10.4. The van der Waals surface area contributed by atoms with Crippen molar-refractivity contribution in [3.8, 4) is 6.01 Å². The molecule has 1 aromatic heterocycles. The van der Waals surface area contributed by atoms with E-state index >= 15 is 0 Å². The zero-order chi connectivity index (χ0) is 13.4. The second-order valence-electron chi connectivity index (χ2n) is 3.24. The summed E-state index contributed by atoms with van der Waals surface area (Å²) in [6, 6.07) is 0.137. The fraction of sp³-hybridized carbons (Fsp3) is 0.556. The number of hydrazine groups is 1. The zero-order valence-electron chi connectivity index (χ0n) is 10.4. The first kappa shape index (κ1) is 13.9. The summed E-state index contributed by atoms with van der Waals surface area (Å²) in [5.74, 6) is 5.64. The van der Waals surface area contributed by atoms with Crippen LogP contribution < -0.4 is 26.6 Å². The Morgan fingerprint density at radius 2 is 2.06 bits per heavy atom. The Bertz CT molecular complexity index is 376. The number of nitrogen functional groups attached to an aromatic ring is 1. The van der Waals surface area contributed by atoms with Crippen molar-refractivity contribution in [1.29, 1.82) is 0 Å². The Morgan fingerprint density at radius 3 is 2.67 bits per heavy atom. The first-order valence-electron chi connectivity index (χ1n) is 5.46. The van der Waals surface area contributed by atoms with Gasteiger partial charge in [0, 0.05) is 19.5 Å². The minimum absolute atomic E-state index is 0.0387. The lowest BCUT2D eigenvalue weighted by Crippen LogP contribution is -2.25. The monoisotopic (exact) mass is 255 g/mol. The van der Waals surface area contributed by atoms with Crippen molar-refractivity contribution in [2.24, 2.45) is 5.84 Å². The molecule has 9 nitrogen and oxygen atoms in total. The van der Waals surface area contributed by atoms with Gasteiger partial charge in [0.05, 0.1) is 7.11 Å². The van der Waals surface area contributed by atoms with Crippen LogP contribution in [0.15, 0.2) is 0 Å². The van der Waals surface area contributed by atoms with Crippen LogP contribution in [-0.2, 0) is 4.79 Å². The molecule has 0 bridgehead atoms. The van der Waals surface area contributed by atoms with E-state index in [0.717, 1.165) is 0 Å². The van der Waals surface area contributed by atoms with Crippen molar-refractivity contribution in [2.75, 3.05) is 30.9 Å². The third kappa shape index (κ3) is 4.37. The number of nitrogens with one attached hydrogen (secondary N) is 3. The van der Waals surface area contributed by atoms with Gasteiger partial charge < -0.3 is 15.4 Å². The SMILES string of the molecule is CCNC(=O)CCNc1nc(NN)nc(OC)n1. The third-order valence-corrected chi connectivity index (χ3v) is 1.94. The molecule has 1 heterocycles. The minimum Gasteiger partial charge on any atom is -0.467 e. The van der Waals surface area contributed by atoms with Crippen molar-refractivity contribution >= 4 is 17.8 Å². The van der Waals surface area contributed by atoms with Gasteiger partial charge in [-0.25, -0.2) is 5.84 Å². The van der Waals surface area contributed by atoms with Gasteiger partial charge in [0.1, 0.15) is 0 Å². The molecule has 1 rings (SSSR count). The molecule has 5 N–H and O–H groups in total. The highest BCUT2D eigenvalue weighted by Gasteiger charge is 2.06. The number of nitrogens with zero attached hydrogens (tertiary/aromatic N) is 3. The maximum atomic E-state index is 11.2. The number of ether oxygens (including phenoxy) is 1. The van der Waals surface area contributed by atoms with Gasteiger partial charge in [-0.15, -0.1) is 0 Å². The van der Waals surface area contributed by atoms with Crippen LogP contribution in [0.4, 0.5) is 11.9 Å². The summed E-state index contributed by atoms with van der Waals surface area (Å²) in [7, 11) is 1.44. The molecule has 0 aromatic carbocycles. The van der Waals surface area contributed by atoms with Gasteiger partial charge in [0.15, 0.2) is 0 Å². The minimum atomic E-state index is -0.0387. The van der Waals surface area contributed by atoms with E-state index < -0.39 is 0 Å². The molecule has 100 valence electrons. The number of amides is 1. The molecule has 18 heavy (non-hydrogen) atoms. The van der Waals surface area contributed by atoms with Crippen molar-refractivity contribution in [3.63, 3.8) is 0 Å². The van der Waals surface area contributed by atoms with Crippen LogP contribution in [0.5, 0.6) is 6.01 Å². The normalized spacial score (nSPS) is 9.72. The molecule has 0 spiro atoms. The van der Waals surface area contributed by atoms with Crippen molar-refractivity contribution in [2.45, 2.75) is 13.3 Å². The Labute approximate surface area is 105 Å². The lowest BCUT2D eigenvalue weighted by molar-refractivity contribution is -0.120. The Balaban J connectivity index is 2.53. The number of hydrogen-bond acceptors (Lipinski definition) is 8. The summed E-state index contributed by atoms with van der Waals surface area (Å²) < 4.78 is 4.89. The summed E-state index contributed by atoms with van der Waals surface area (Å²) >= 11 is 0. The van der Waals surface area contributed by atoms with Crippen LogP contribution in [0.3, 0.4) is 0 Å². The molecule has 0 aliphatic heterocycles. The Morgan fingerprint density at radius 1 is 1.33 bits per heavy atom. The highest BCUT2D eigenvalue weighted by molar-refractivity contribution is 5.76. The molecule has 1 amide bonds. The van der Waals surface area contributed by atoms with Gasteiger partial charge in [-0.3, -0.25) is 10.2 Å². The summed E-state index contributed by atoms with van der Waals surface area (Å²) in [6.07, 6.45) is 0.327. The highest BCUT2D eigenvalue weighted by Crippen LogP contribution is 2.09. The van der Waals surface area contributed by atoms with Crippen LogP contribution in [0.25, 0.3) is 0 Å². The third-order valence-electron chi connectivity index (χ3n) is 1.94. The van der Waals surface area contributed by atoms with E-state index in [1.807, 2.05) is 6.92 Å². The van der Waals surface area contributed by atoms with Gasteiger partial charge in [0.2, 0.25) is 17.8 Å². The van der Waals surface area contributed by atoms with Crippen molar-refractivity contribution in [1.82, 2.24) is 20.3 Å². The van der Waals surface area contributed by atoms with Crippen LogP contribution >= 0.6 is 0 Å². The van der Waals surface area contributed by atoms with Crippen LogP contribution in [-0.4, -0.2) is 41.1 Å². The molecule has 0 saturated carbocycles. The van der Waals surface area contributed by atoms with Gasteiger partial charge >= 0.3 is 6.01 Å². The van der Waals surface area contributed by atoms with Gasteiger partial charge in [0.25, 0.3) is 0 Å². The van der Waals surface area contributed by atoms with E-state index in [1.54, 1.807) is 0 Å². The first-order valence-corrected chi connectivity index (χ1v) is 5.46. The molecule has 0 atom stereocenters. The number of aromatic nitrogens is 3. The summed E-state index contributed by atoms with van der Waals surface area (Å²) in [6.45, 7) is 2.88. The van der Waals surface area contributed by atoms with E-state index in [1.165, 1.54) is 7.11 Å². The summed E-state index contributed by atoms with van der Waals surface area (Å²) in [5.41, 5.74) is 2.30. The second-order valence-corrected chi connectivity index (χ2v) is 3.24. The molecular weight excluding hydrogens is 238 g/mol. The standard InChI is InChI=1S/C9H17N7O2/c1-3-11-6(17)4-5-12-7-13-8(16-10)15-9(14-7)18-2/h3-5,10H2,1-2H3,(H,11,17)(H2,12,13,14,15,16). The van der Waals surface area contributed by atoms with Crippen LogP contribution in [0.2, 0.25) is 0 Å². The number of carbonyl (C=O) groups excluding carboxylic acids is 1. The predicted octanol–water partition coefficient (Wildman–Crippen LogP) is -0.896. The van der Waals surface area contributed by atoms with Crippen molar-refractivity contribution < 1.29 is 9.53 Å². The maximum Gasteiger partial charge on any atom is 0.322 e. The van der Waals surface area contributed by atoms with Gasteiger partial charge in [-0.05, 0) is 6.92 Å². The highest BCUT2D eigenvalue weighted by atomic mass is 16.5. The number of anilines is 2. The van der Waals surface area contributed by atoms with E-state index in [9.17, 15) is 4.79 Å². The molecule has 1 aromatic rings. The summed E-state index contributed by atoms with van der Waals surface area (Å²) in [5, 5.41) is 5.57. The summed E-state index contributed by atoms with van der Waals surface area (Å²) in [4.78, 5) is 23.0. The average molecular weight is 255 g/mol. The number of hydrogen-bond donors (Lipinski definition) is 4. The van der Waals surface area contributed by atoms with Crippen LogP contribution in [0.1, 0.15) is 13.3 Å². The fourth-order valence-corrected chi connectivity index (χ4v) is 1.16. The molecule has 0 radical (unpaired) electrons. The van der Waals surface area contributed by atoms with E-state index in [0.29, 0.717) is 25.5 Å². The number of rotatable bonds is 7.